The predicted molar refractivity (Wildman–Crippen MR) is 61.1 cm³/mol. The Morgan fingerprint density at radius 2 is 1.62 bits per heavy atom. The lowest BCUT2D eigenvalue weighted by atomic mass is 10.0. The van der Waals surface area contributed by atoms with Crippen molar-refractivity contribution in [3.8, 4) is 0 Å². The Balaban J connectivity index is 3.23. The summed E-state index contributed by atoms with van der Waals surface area (Å²) in [5.74, 6) is 0.928. The average molecular weight is 185 g/mol. The molecule has 0 aromatic carbocycles. The third-order valence-electron chi connectivity index (χ3n) is 3.01. The molecule has 0 saturated carbocycles. The Hall–Kier alpha value is -0.0400. The van der Waals surface area contributed by atoms with E-state index < -0.39 is 0 Å². The molecule has 0 N–H and O–H groups in total. The Morgan fingerprint density at radius 3 is 2.08 bits per heavy atom. The van der Waals surface area contributed by atoms with Gasteiger partial charge < -0.3 is 4.90 Å². The first-order valence-electron chi connectivity index (χ1n) is 5.96. The first-order chi connectivity index (χ1) is 6.24. The van der Waals surface area contributed by atoms with Gasteiger partial charge in [0.2, 0.25) is 0 Å². The second kappa shape index (κ2) is 8.55. The molecule has 0 bridgehead atoms. The van der Waals surface area contributed by atoms with Crippen LogP contribution in [-0.4, -0.2) is 24.5 Å². The van der Waals surface area contributed by atoms with Crippen molar-refractivity contribution in [2.24, 2.45) is 5.92 Å². The summed E-state index contributed by atoms with van der Waals surface area (Å²) < 4.78 is 0. The van der Waals surface area contributed by atoms with Crippen molar-refractivity contribution in [1.29, 1.82) is 0 Å². The molecule has 0 aromatic heterocycles. The Morgan fingerprint density at radius 1 is 1.00 bits per heavy atom. The van der Waals surface area contributed by atoms with Gasteiger partial charge in [0.25, 0.3) is 0 Å². The second-order valence-corrected chi connectivity index (χ2v) is 4.04. The van der Waals surface area contributed by atoms with Crippen LogP contribution in [0.15, 0.2) is 0 Å². The zero-order chi connectivity index (χ0) is 10.1. The van der Waals surface area contributed by atoms with E-state index in [2.05, 4.69) is 32.6 Å². The summed E-state index contributed by atoms with van der Waals surface area (Å²) >= 11 is 0. The number of hydrogen-bond donors (Lipinski definition) is 0. The van der Waals surface area contributed by atoms with Gasteiger partial charge in [-0.1, -0.05) is 47.0 Å². The first kappa shape index (κ1) is 13.0. The number of nitrogens with zero attached hydrogens (tertiary/aromatic N) is 1. The molecule has 1 heteroatoms. The van der Waals surface area contributed by atoms with E-state index in [1.54, 1.807) is 0 Å². The maximum Gasteiger partial charge on any atom is -0.00190 e. The fourth-order valence-electron chi connectivity index (χ4n) is 1.57. The lowest BCUT2D eigenvalue weighted by molar-refractivity contribution is 0.292. The van der Waals surface area contributed by atoms with Crippen molar-refractivity contribution in [2.75, 3.05) is 19.6 Å². The minimum absolute atomic E-state index is 0.928. The van der Waals surface area contributed by atoms with Crippen LogP contribution in [0.5, 0.6) is 0 Å². The van der Waals surface area contributed by atoms with E-state index in [4.69, 9.17) is 0 Å². The normalized spacial score (nSPS) is 13.6. The van der Waals surface area contributed by atoms with Gasteiger partial charge >= 0.3 is 0 Å². The molecule has 0 fully saturated rings. The van der Waals surface area contributed by atoms with E-state index in [0.717, 1.165) is 5.92 Å². The van der Waals surface area contributed by atoms with Crippen LogP contribution in [0.3, 0.4) is 0 Å². The molecule has 0 heterocycles. The van der Waals surface area contributed by atoms with Crippen molar-refractivity contribution >= 4 is 0 Å². The van der Waals surface area contributed by atoms with Crippen LogP contribution in [0.4, 0.5) is 0 Å². The Bertz CT molecular complexity index is 97.3. The van der Waals surface area contributed by atoms with E-state index in [0.29, 0.717) is 0 Å². The molecule has 0 aliphatic carbocycles. The zero-order valence-corrected chi connectivity index (χ0v) is 9.97. The van der Waals surface area contributed by atoms with Crippen molar-refractivity contribution < 1.29 is 0 Å². The summed E-state index contributed by atoms with van der Waals surface area (Å²) in [7, 11) is 0. The van der Waals surface area contributed by atoms with Crippen LogP contribution in [0.1, 0.15) is 53.4 Å². The molecule has 0 spiro atoms. The van der Waals surface area contributed by atoms with Crippen molar-refractivity contribution in [2.45, 2.75) is 53.4 Å². The summed E-state index contributed by atoms with van der Waals surface area (Å²) in [4.78, 5) is 2.51. The molecule has 0 aliphatic rings. The molecule has 80 valence electrons. The molecule has 1 nitrogen and oxygen atoms in total. The van der Waals surface area contributed by atoms with Gasteiger partial charge in [0.15, 0.2) is 0 Å². The van der Waals surface area contributed by atoms with E-state index in [1.165, 1.54) is 45.3 Å². The molecule has 0 rings (SSSR count). The van der Waals surface area contributed by atoms with Gasteiger partial charge in [0.05, 0.1) is 0 Å². The number of hydrogen-bond acceptors (Lipinski definition) is 1. The lowest BCUT2D eigenvalue weighted by Crippen LogP contribution is -2.23. The summed E-state index contributed by atoms with van der Waals surface area (Å²) in [6.45, 7) is 12.9. The lowest BCUT2D eigenvalue weighted by Gasteiger charge is -2.18. The Kier molecular flexibility index (Phi) is 8.53. The van der Waals surface area contributed by atoms with E-state index in [9.17, 15) is 0 Å². The molecule has 1 unspecified atom stereocenters. The first-order valence-corrected chi connectivity index (χ1v) is 5.96. The van der Waals surface area contributed by atoms with Crippen LogP contribution in [-0.2, 0) is 0 Å². The van der Waals surface area contributed by atoms with E-state index in [1.807, 2.05) is 0 Å². The van der Waals surface area contributed by atoms with Gasteiger partial charge in [-0.05, 0) is 32.0 Å². The van der Waals surface area contributed by atoms with Gasteiger partial charge in [-0.15, -0.1) is 0 Å². The molecule has 0 radical (unpaired) electrons. The third kappa shape index (κ3) is 7.06. The number of rotatable bonds is 8. The molecule has 0 aromatic rings. The summed E-state index contributed by atoms with van der Waals surface area (Å²) in [6.07, 6.45) is 5.54. The van der Waals surface area contributed by atoms with Crippen LogP contribution >= 0.6 is 0 Å². The summed E-state index contributed by atoms with van der Waals surface area (Å²) in [5, 5.41) is 0. The van der Waals surface area contributed by atoms with Crippen LogP contribution in [0.25, 0.3) is 0 Å². The standard InChI is InChI=1S/C12H27N/c1-5-12(4)10-8-9-11-13(6-2)7-3/h12H,5-11H2,1-4H3. The highest BCUT2D eigenvalue weighted by Crippen LogP contribution is 2.11. The topological polar surface area (TPSA) is 3.24 Å². The fraction of sp³-hybridized carbons (Fsp3) is 1.00. The molecule has 0 saturated heterocycles. The van der Waals surface area contributed by atoms with E-state index >= 15 is 0 Å². The van der Waals surface area contributed by atoms with Crippen LogP contribution in [0.2, 0.25) is 0 Å². The van der Waals surface area contributed by atoms with Gasteiger partial charge in [0.1, 0.15) is 0 Å². The molecule has 0 amide bonds. The van der Waals surface area contributed by atoms with Crippen LogP contribution < -0.4 is 0 Å². The monoisotopic (exact) mass is 185 g/mol. The highest BCUT2D eigenvalue weighted by Gasteiger charge is 2.00. The molecular formula is C12H27N. The Labute approximate surface area is 84.5 Å². The van der Waals surface area contributed by atoms with Crippen molar-refractivity contribution in [3.63, 3.8) is 0 Å². The predicted octanol–water partition coefficient (Wildman–Crippen LogP) is 3.54. The van der Waals surface area contributed by atoms with Crippen molar-refractivity contribution in [3.05, 3.63) is 0 Å². The van der Waals surface area contributed by atoms with Gasteiger partial charge in [-0.3, -0.25) is 0 Å². The molecular weight excluding hydrogens is 158 g/mol. The largest absolute Gasteiger partial charge is 0.304 e. The molecule has 13 heavy (non-hydrogen) atoms. The fourth-order valence-corrected chi connectivity index (χ4v) is 1.57. The minimum atomic E-state index is 0.928. The van der Waals surface area contributed by atoms with Crippen molar-refractivity contribution in [1.82, 2.24) is 4.90 Å². The number of unbranched alkanes of at least 4 members (excludes halogenated alkanes) is 1. The zero-order valence-electron chi connectivity index (χ0n) is 9.97. The highest BCUT2D eigenvalue weighted by atomic mass is 15.1. The second-order valence-electron chi connectivity index (χ2n) is 4.04. The molecule has 1 atom stereocenters. The average Bonchev–Trinajstić information content (AvgIpc) is 2.18. The van der Waals surface area contributed by atoms with Gasteiger partial charge in [0, 0.05) is 0 Å². The highest BCUT2D eigenvalue weighted by molar-refractivity contribution is 4.55. The summed E-state index contributed by atoms with van der Waals surface area (Å²) in [5.41, 5.74) is 0. The molecule has 0 aliphatic heterocycles. The smallest absolute Gasteiger partial charge is 0.00190 e. The maximum absolute atomic E-state index is 2.51. The van der Waals surface area contributed by atoms with Gasteiger partial charge in [-0.25, -0.2) is 0 Å². The quantitative estimate of drug-likeness (QED) is 0.523. The minimum Gasteiger partial charge on any atom is -0.304 e. The van der Waals surface area contributed by atoms with E-state index in [-0.39, 0.29) is 0 Å². The van der Waals surface area contributed by atoms with Gasteiger partial charge in [-0.2, -0.15) is 0 Å². The SMILES string of the molecule is CCC(C)CCCCN(CC)CC. The van der Waals surface area contributed by atoms with Crippen LogP contribution in [0, 0.1) is 5.92 Å². The summed E-state index contributed by atoms with van der Waals surface area (Å²) in [6, 6.07) is 0. The third-order valence-corrected chi connectivity index (χ3v) is 3.01. The maximum atomic E-state index is 2.51.